The van der Waals surface area contributed by atoms with Crippen LogP contribution in [0.5, 0.6) is 0 Å². The van der Waals surface area contributed by atoms with Gasteiger partial charge in [0.05, 0.1) is 5.69 Å². The molecular weight excluding hydrogens is 219 g/mol. The molecule has 0 aliphatic rings. The number of unbranched alkanes of at least 4 members (excludes halogenated alkanes) is 2. The first kappa shape index (κ1) is 13.5. The third-order valence-electron chi connectivity index (χ3n) is 2.47. The summed E-state index contributed by atoms with van der Waals surface area (Å²) in [5, 5.41) is 11.9. The molecule has 0 unspecified atom stereocenters. The van der Waals surface area contributed by atoms with Crippen molar-refractivity contribution in [1.29, 1.82) is 5.26 Å². The fourth-order valence-electron chi connectivity index (χ4n) is 1.56. The maximum atomic E-state index is 13.2. The summed E-state index contributed by atoms with van der Waals surface area (Å²) >= 11 is 0. The van der Waals surface area contributed by atoms with Crippen LogP contribution in [0.4, 0.5) is 10.1 Å². The summed E-state index contributed by atoms with van der Waals surface area (Å²) in [4.78, 5) is 0. The van der Waals surface area contributed by atoms with Gasteiger partial charge in [0.2, 0.25) is 0 Å². The van der Waals surface area contributed by atoms with Crippen LogP contribution in [0.15, 0.2) is 18.2 Å². The number of nitriles is 1. The van der Waals surface area contributed by atoms with Crippen LogP contribution in [0, 0.1) is 17.1 Å². The minimum absolute atomic E-state index is 0.0874. The van der Waals surface area contributed by atoms with Crippen molar-refractivity contribution < 1.29 is 9.13 Å². The molecule has 92 valence electrons. The van der Waals surface area contributed by atoms with Crippen LogP contribution < -0.4 is 5.32 Å². The lowest BCUT2D eigenvalue weighted by Gasteiger charge is -2.08. The molecule has 0 bridgehead atoms. The quantitative estimate of drug-likeness (QED) is 0.740. The van der Waals surface area contributed by atoms with Crippen LogP contribution in [-0.2, 0) is 4.74 Å². The summed E-state index contributed by atoms with van der Waals surface area (Å²) in [6.45, 7) is 1.51. The molecule has 0 saturated carbocycles. The fourth-order valence-corrected chi connectivity index (χ4v) is 1.56. The molecular formula is C13H17FN2O. The summed E-state index contributed by atoms with van der Waals surface area (Å²) in [5.41, 5.74) is 0.656. The monoisotopic (exact) mass is 236 g/mol. The Morgan fingerprint density at radius 3 is 2.88 bits per heavy atom. The molecule has 3 nitrogen and oxygen atoms in total. The Bertz CT molecular complexity index is 387. The average Bonchev–Trinajstić information content (AvgIpc) is 2.34. The highest BCUT2D eigenvalue weighted by atomic mass is 19.1. The maximum Gasteiger partial charge on any atom is 0.143 e. The van der Waals surface area contributed by atoms with Crippen molar-refractivity contribution in [2.45, 2.75) is 19.3 Å². The number of halogens is 1. The number of anilines is 1. The normalized spacial score (nSPS) is 9.94. The molecule has 0 aliphatic heterocycles. The molecule has 0 spiro atoms. The van der Waals surface area contributed by atoms with Gasteiger partial charge in [-0.15, -0.1) is 0 Å². The Hall–Kier alpha value is -1.60. The highest BCUT2D eigenvalue weighted by Gasteiger charge is 2.06. The Morgan fingerprint density at radius 2 is 2.18 bits per heavy atom. The molecule has 0 amide bonds. The van der Waals surface area contributed by atoms with Gasteiger partial charge >= 0.3 is 0 Å². The second kappa shape index (κ2) is 7.64. The molecule has 0 aromatic heterocycles. The van der Waals surface area contributed by atoms with Crippen molar-refractivity contribution in [3.63, 3.8) is 0 Å². The number of benzene rings is 1. The van der Waals surface area contributed by atoms with Crippen molar-refractivity contribution in [3.8, 4) is 6.07 Å². The summed E-state index contributed by atoms with van der Waals surface area (Å²) in [6, 6.07) is 6.48. The van der Waals surface area contributed by atoms with Gasteiger partial charge in [-0.05, 0) is 31.4 Å². The summed E-state index contributed by atoms with van der Waals surface area (Å²) in [6.07, 6.45) is 3.05. The van der Waals surface area contributed by atoms with Gasteiger partial charge < -0.3 is 10.1 Å². The number of hydrogen-bond acceptors (Lipinski definition) is 3. The zero-order chi connectivity index (χ0) is 12.5. The molecule has 1 aromatic carbocycles. The molecule has 4 heteroatoms. The first-order valence-electron chi connectivity index (χ1n) is 5.71. The van der Waals surface area contributed by atoms with Crippen molar-refractivity contribution in [2.75, 3.05) is 25.6 Å². The topological polar surface area (TPSA) is 45.0 Å². The predicted molar refractivity (Wildman–Crippen MR) is 65.3 cm³/mol. The lowest BCUT2D eigenvalue weighted by Crippen LogP contribution is -2.04. The van der Waals surface area contributed by atoms with Gasteiger partial charge in [-0.25, -0.2) is 4.39 Å². The van der Waals surface area contributed by atoms with Crippen LogP contribution in [0.1, 0.15) is 24.8 Å². The second-order valence-corrected chi connectivity index (χ2v) is 3.75. The minimum atomic E-state index is -0.475. The van der Waals surface area contributed by atoms with Gasteiger partial charge in [0.1, 0.15) is 17.4 Å². The van der Waals surface area contributed by atoms with Crippen LogP contribution in [-0.4, -0.2) is 20.3 Å². The van der Waals surface area contributed by atoms with Gasteiger partial charge in [0, 0.05) is 20.3 Å². The number of methoxy groups -OCH3 is 1. The second-order valence-electron chi connectivity index (χ2n) is 3.75. The van der Waals surface area contributed by atoms with E-state index in [0.29, 0.717) is 5.69 Å². The number of ether oxygens (including phenoxy) is 1. The van der Waals surface area contributed by atoms with E-state index < -0.39 is 5.82 Å². The molecule has 0 saturated heterocycles. The van der Waals surface area contributed by atoms with Crippen LogP contribution >= 0.6 is 0 Å². The van der Waals surface area contributed by atoms with Gasteiger partial charge in [-0.3, -0.25) is 0 Å². The first-order valence-corrected chi connectivity index (χ1v) is 5.71. The van der Waals surface area contributed by atoms with Crippen molar-refractivity contribution in [1.82, 2.24) is 0 Å². The van der Waals surface area contributed by atoms with E-state index >= 15 is 0 Å². The van der Waals surface area contributed by atoms with E-state index in [9.17, 15) is 4.39 Å². The molecule has 17 heavy (non-hydrogen) atoms. The van der Waals surface area contributed by atoms with E-state index in [-0.39, 0.29) is 5.56 Å². The molecule has 0 aliphatic carbocycles. The van der Waals surface area contributed by atoms with Gasteiger partial charge in [-0.2, -0.15) is 5.26 Å². The zero-order valence-electron chi connectivity index (χ0n) is 10.0. The Labute approximate surface area is 101 Å². The molecule has 1 rings (SSSR count). The van der Waals surface area contributed by atoms with E-state index in [1.165, 1.54) is 6.07 Å². The van der Waals surface area contributed by atoms with Gasteiger partial charge in [0.25, 0.3) is 0 Å². The third-order valence-corrected chi connectivity index (χ3v) is 2.47. The van der Waals surface area contributed by atoms with Gasteiger partial charge in [-0.1, -0.05) is 6.07 Å². The average molecular weight is 236 g/mol. The fraction of sp³-hybridized carbons (Fsp3) is 0.462. The minimum Gasteiger partial charge on any atom is -0.385 e. The number of nitrogens with zero attached hydrogens (tertiary/aromatic N) is 1. The van der Waals surface area contributed by atoms with Crippen molar-refractivity contribution in [3.05, 3.63) is 29.6 Å². The lowest BCUT2D eigenvalue weighted by molar-refractivity contribution is 0.192. The molecule has 0 fully saturated rings. The van der Waals surface area contributed by atoms with Crippen LogP contribution in [0.2, 0.25) is 0 Å². The van der Waals surface area contributed by atoms with Crippen LogP contribution in [0.3, 0.4) is 0 Å². The van der Waals surface area contributed by atoms with Crippen molar-refractivity contribution >= 4 is 5.69 Å². The summed E-state index contributed by atoms with van der Waals surface area (Å²) in [5.74, 6) is -0.475. The van der Waals surface area contributed by atoms with E-state index in [4.69, 9.17) is 10.00 Å². The molecule has 1 N–H and O–H groups in total. The van der Waals surface area contributed by atoms with Gasteiger partial charge in [0.15, 0.2) is 0 Å². The third kappa shape index (κ3) is 4.41. The Morgan fingerprint density at radius 1 is 1.35 bits per heavy atom. The number of nitrogens with one attached hydrogen (secondary N) is 1. The number of rotatable bonds is 7. The summed E-state index contributed by atoms with van der Waals surface area (Å²) in [7, 11) is 1.68. The van der Waals surface area contributed by atoms with E-state index in [1.807, 2.05) is 6.07 Å². The Kier molecular flexibility index (Phi) is 6.05. The smallest absolute Gasteiger partial charge is 0.143 e. The molecule has 0 heterocycles. The first-order chi connectivity index (χ1) is 8.29. The Balaban J connectivity index is 2.37. The van der Waals surface area contributed by atoms with Crippen molar-refractivity contribution in [2.24, 2.45) is 0 Å². The largest absolute Gasteiger partial charge is 0.385 e. The highest BCUT2D eigenvalue weighted by Crippen LogP contribution is 2.17. The zero-order valence-corrected chi connectivity index (χ0v) is 10.0. The molecule has 0 atom stereocenters. The highest BCUT2D eigenvalue weighted by molar-refractivity contribution is 5.57. The maximum absolute atomic E-state index is 13.2. The summed E-state index contributed by atoms with van der Waals surface area (Å²) < 4.78 is 18.2. The standard InChI is InChI=1S/C13H17FN2O/c1-17-9-4-2-3-8-16-13-7-5-6-12(14)11(13)10-15/h5-7,16H,2-4,8-9H2,1H3. The number of hydrogen-bond donors (Lipinski definition) is 1. The lowest BCUT2D eigenvalue weighted by atomic mass is 10.1. The van der Waals surface area contributed by atoms with E-state index in [0.717, 1.165) is 32.4 Å². The molecule has 1 aromatic rings. The predicted octanol–water partition coefficient (Wildman–Crippen LogP) is 2.93. The molecule has 0 radical (unpaired) electrons. The van der Waals surface area contributed by atoms with E-state index in [1.54, 1.807) is 19.2 Å². The SMILES string of the molecule is COCCCCCNc1cccc(F)c1C#N. The van der Waals surface area contributed by atoms with E-state index in [2.05, 4.69) is 5.32 Å². The van der Waals surface area contributed by atoms with Crippen LogP contribution in [0.25, 0.3) is 0 Å².